The molecule has 5 heteroatoms. The highest BCUT2D eigenvalue weighted by molar-refractivity contribution is 5.97. The Kier molecular flexibility index (Phi) is 10.9. The molecule has 3 heterocycles. The molecular formula is C60H39N5. The van der Waals surface area contributed by atoms with Gasteiger partial charge in [0.25, 0.3) is 0 Å². The van der Waals surface area contributed by atoms with Crippen molar-refractivity contribution in [3.63, 3.8) is 0 Å². The zero-order valence-corrected chi connectivity index (χ0v) is 35.5. The van der Waals surface area contributed by atoms with Crippen molar-refractivity contribution in [1.29, 1.82) is 5.26 Å². The van der Waals surface area contributed by atoms with Crippen LogP contribution in [0.25, 0.3) is 105 Å². The number of hydrogen-bond acceptors (Lipinski definition) is 4. The third-order valence-electron chi connectivity index (χ3n) is 11.9. The molecule has 0 saturated heterocycles. The molecule has 0 aliphatic rings. The maximum Gasteiger partial charge on any atom is 0.195 e. The van der Waals surface area contributed by atoms with E-state index in [0.29, 0.717) is 11.3 Å². The lowest BCUT2D eigenvalue weighted by Gasteiger charge is -2.19. The van der Waals surface area contributed by atoms with Crippen molar-refractivity contribution in [3.05, 3.63) is 241 Å². The molecule has 304 valence electrons. The van der Waals surface area contributed by atoms with Crippen LogP contribution in [0.3, 0.4) is 0 Å². The van der Waals surface area contributed by atoms with Crippen LogP contribution in [0.1, 0.15) is 11.1 Å². The summed E-state index contributed by atoms with van der Waals surface area (Å²) >= 11 is 0. The van der Waals surface area contributed by atoms with Gasteiger partial charge in [0.2, 0.25) is 0 Å². The Morgan fingerprint density at radius 3 is 1.18 bits per heavy atom. The number of aryl methyl sites for hydroxylation is 1. The fraction of sp³-hybridized carbons (Fsp3) is 0.0167. The highest BCUT2D eigenvalue weighted by atomic mass is 14.7. The average molecular weight is 830 g/mol. The topological polar surface area (TPSA) is 66.8 Å². The van der Waals surface area contributed by atoms with Gasteiger partial charge in [0.1, 0.15) is 0 Å². The first-order valence-corrected chi connectivity index (χ1v) is 21.4. The van der Waals surface area contributed by atoms with E-state index >= 15 is 0 Å². The molecule has 0 fully saturated rings. The minimum absolute atomic E-state index is 0.551. The van der Waals surface area contributed by atoms with Crippen LogP contribution in [-0.2, 0) is 0 Å². The molecule has 3 aromatic heterocycles. The van der Waals surface area contributed by atoms with Crippen molar-refractivity contribution in [2.45, 2.75) is 6.92 Å². The van der Waals surface area contributed by atoms with Crippen molar-refractivity contribution in [3.8, 4) is 107 Å². The fourth-order valence-electron chi connectivity index (χ4n) is 8.77. The molecular weight excluding hydrogens is 791 g/mol. The van der Waals surface area contributed by atoms with Crippen LogP contribution >= 0.6 is 0 Å². The number of pyridine rings is 3. The lowest BCUT2D eigenvalue weighted by Crippen LogP contribution is -1.94. The second-order valence-electron chi connectivity index (χ2n) is 15.8. The molecule has 0 aliphatic heterocycles. The van der Waals surface area contributed by atoms with Crippen molar-refractivity contribution in [1.82, 2.24) is 15.0 Å². The summed E-state index contributed by atoms with van der Waals surface area (Å²) in [4.78, 5) is 17.8. The highest BCUT2D eigenvalue weighted by Crippen LogP contribution is 2.45. The third-order valence-corrected chi connectivity index (χ3v) is 11.9. The molecule has 0 saturated carbocycles. The van der Waals surface area contributed by atoms with Crippen LogP contribution in [0, 0.1) is 24.8 Å². The van der Waals surface area contributed by atoms with E-state index in [2.05, 4.69) is 130 Å². The van der Waals surface area contributed by atoms with Gasteiger partial charge in [-0.1, -0.05) is 127 Å². The molecule has 65 heavy (non-hydrogen) atoms. The Morgan fingerprint density at radius 2 is 0.754 bits per heavy atom. The molecule has 0 aliphatic carbocycles. The first-order chi connectivity index (χ1) is 32.1. The zero-order chi connectivity index (χ0) is 44.1. The minimum atomic E-state index is 0.551. The van der Waals surface area contributed by atoms with Gasteiger partial charge < -0.3 is 0 Å². The lowest BCUT2D eigenvalue weighted by atomic mass is 9.85. The van der Waals surface area contributed by atoms with Crippen LogP contribution in [0.15, 0.2) is 219 Å². The molecule has 0 atom stereocenters. The van der Waals surface area contributed by atoms with E-state index in [0.717, 1.165) is 106 Å². The Labute approximate surface area is 379 Å². The summed E-state index contributed by atoms with van der Waals surface area (Å²) < 4.78 is 0. The summed E-state index contributed by atoms with van der Waals surface area (Å²) in [7, 11) is 0. The van der Waals surface area contributed by atoms with Crippen molar-refractivity contribution in [2.75, 3.05) is 0 Å². The number of nitrogens with zero attached hydrogens (tertiary/aromatic N) is 5. The number of hydrogen-bond donors (Lipinski definition) is 0. The summed E-state index contributed by atoms with van der Waals surface area (Å²) in [6, 6.07) is 70.7. The summed E-state index contributed by atoms with van der Waals surface area (Å²) in [6.45, 7) is 10.5. The second kappa shape index (κ2) is 17.8. The maximum absolute atomic E-state index is 10.6. The van der Waals surface area contributed by atoms with E-state index in [1.807, 2.05) is 109 Å². The van der Waals surface area contributed by atoms with E-state index in [9.17, 15) is 5.26 Å². The summed E-state index contributed by atoms with van der Waals surface area (Å²) in [5.74, 6) is 0. The van der Waals surface area contributed by atoms with Gasteiger partial charge in [-0.15, -0.1) is 0 Å². The quantitative estimate of drug-likeness (QED) is 0.136. The molecule has 5 nitrogen and oxygen atoms in total. The summed E-state index contributed by atoms with van der Waals surface area (Å²) in [6.07, 6.45) is 5.37. The summed E-state index contributed by atoms with van der Waals surface area (Å²) in [5, 5.41) is 10.6. The van der Waals surface area contributed by atoms with E-state index in [1.165, 1.54) is 0 Å². The standard InChI is InChI=1S/C60H39N5/c1-40-33-41(57-21-9-12-30-63-57)24-27-48(40)53-18-6-3-15-49(53)44-35-45(50-16-4-7-19-54(50)52-28-25-42(34-47(52)39-61)58-22-10-13-31-64-58)37-46(36-44)51-17-5-8-20-55(51)56-29-26-43(38-60(56)62-2)59-23-11-14-32-65-59/h3-38H,1H3. The largest absolute Gasteiger partial charge is 0.256 e. The molecule has 0 radical (unpaired) electrons. The Bertz CT molecular complexity index is 3290. The van der Waals surface area contributed by atoms with Crippen LogP contribution < -0.4 is 0 Å². The molecule has 0 bridgehead atoms. The van der Waals surface area contributed by atoms with E-state index in [1.54, 1.807) is 12.4 Å². The van der Waals surface area contributed by atoms with Crippen LogP contribution in [-0.4, -0.2) is 15.0 Å². The van der Waals surface area contributed by atoms with E-state index in [-0.39, 0.29) is 0 Å². The number of aromatic nitrogens is 3. The number of nitriles is 1. The van der Waals surface area contributed by atoms with Crippen molar-refractivity contribution >= 4 is 5.69 Å². The average Bonchev–Trinajstić information content (AvgIpc) is 3.39. The highest BCUT2D eigenvalue weighted by Gasteiger charge is 2.19. The lowest BCUT2D eigenvalue weighted by molar-refractivity contribution is 1.32. The van der Waals surface area contributed by atoms with Gasteiger partial charge in [0, 0.05) is 35.3 Å². The van der Waals surface area contributed by atoms with Crippen LogP contribution in [0.2, 0.25) is 0 Å². The van der Waals surface area contributed by atoms with Gasteiger partial charge in [-0.2, -0.15) is 5.26 Å². The Hall–Kier alpha value is -9.03. The molecule has 0 unspecified atom stereocenters. The molecule has 7 aromatic carbocycles. The SMILES string of the molecule is [C-]#[N+]c1cc(-c2ccccn2)ccc1-c1ccccc1-c1cc(-c2ccccc2-c2ccc(-c3ccccn3)cc2C)cc(-c2ccccc2-c2ccc(-c3ccccn3)cc2C#N)c1. The molecule has 0 amide bonds. The minimum Gasteiger partial charge on any atom is -0.256 e. The van der Waals surface area contributed by atoms with Crippen LogP contribution in [0.5, 0.6) is 0 Å². The monoisotopic (exact) mass is 829 g/mol. The molecule has 10 rings (SSSR count). The van der Waals surface area contributed by atoms with Gasteiger partial charge in [0.05, 0.1) is 35.3 Å². The first-order valence-electron chi connectivity index (χ1n) is 21.4. The van der Waals surface area contributed by atoms with Crippen molar-refractivity contribution < 1.29 is 0 Å². The fourth-order valence-corrected chi connectivity index (χ4v) is 8.77. The molecule has 0 spiro atoms. The maximum atomic E-state index is 10.6. The van der Waals surface area contributed by atoms with Crippen molar-refractivity contribution in [2.24, 2.45) is 0 Å². The number of benzene rings is 7. The van der Waals surface area contributed by atoms with Gasteiger partial charge in [0.15, 0.2) is 5.69 Å². The van der Waals surface area contributed by atoms with E-state index in [4.69, 9.17) is 6.57 Å². The summed E-state index contributed by atoms with van der Waals surface area (Å²) in [5.41, 5.74) is 19.6. The Morgan fingerprint density at radius 1 is 0.369 bits per heavy atom. The third kappa shape index (κ3) is 7.99. The predicted octanol–water partition coefficient (Wildman–Crippen LogP) is 15.6. The van der Waals surface area contributed by atoms with Crippen LogP contribution in [0.4, 0.5) is 5.69 Å². The van der Waals surface area contributed by atoms with Gasteiger partial charge >= 0.3 is 0 Å². The first kappa shape index (κ1) is 40.1. The molecule has 10 aromatic rings. The van der Waals surface area contributed by atoms with Gasteiger partial charge in [-0.3, -0.25) is 15.0 Å². The predicted molar refractivity (Wildman–Crippen MR) is 264 cm³/mol. The van der Waals surface area contributed by atoms with Gasteiger partial charge in [-0.05, 0) is 152 Å². The normalized spacial score (nSPS) is 10.8. The van der Waals surface area contributed by atoms with Gasteiger partial charge in [-0.25, -0.2) is 4.85 Å². The number of rotatable bonds is 9. The molecule has 0 N–H and O–H groups in total. The van der Waals surface area contributed by atoms with E-state index < -0.39 is 0 Å². The Balaban J connectivity index is 1.17. The second-order valence-corrected chi connectivity index (χ2v) is 15.8. The smallest absolute Gasteiger partial charge is 0.195 e. The zero-order valence-electron chi connectivity index (χ0n) is 35.5.